The van der Waals surface area contributed by atoms with Crippen molar-refractivity contribution in [2.45, 2.75) is 52.7 Å². The molecule has 0 aromatic heterocycles. The van der Waals surface area contributed by atoms with Crippen LogP contribution < -0.4 is 5.32 Å². The lowest BCUT2D eigenvalue weighted by Crippen LogP contribution is -2.40. The second-order valence-electron chi connectivity index (χ2n) is 6.06. The van der Waals surface area contributed by atoms with Crippen molar-refractivity contribution in [3.05, 3.63) is 0 Å². The molecule has 1 aliphatic rings. The SMILES string of the molecule is CC(C)C1CC1C(C#N)NC(=O)OC(C)(C)C. The monoisotopic (exact) mass is 238 g/mol. The van der Waals surface area contributed by atoms with Gasteiger partial charge in [-0.25, -0.2) is 4.79 Å². The lowest BCUT2D eigenvalue weighted by atomic mass is 10.0. The fraction of sp³-hybridized carbons (Fsp3) is 0.846. The van der Waals surface area contributed by atoms with E-state index in [1.54, 1.807) is 0 Å². The summed E-state index contributed by atoms with van der Waals surface area (Å²) in [7, 11) is 0. The Kier molecular flexibility index (Phi) is 4.03. The minimum Gasteiger partial charge on any atom is -0.444 e. The predicted octanol–water partition coefficient (Wildman–Crippen LogP) is 2.70. The third-order valence-electron chi connectivity index (χ3n) is 2.99. The fourth-order valence-electron chi connectivity index (χ4n) is 2.06. The second kappa shape index (κ2) is 4.95. The molecule has 4 nitrogen and oxygen atoms in total. The van der Waals surface area contributed by atoms with E-state index in [1.807, 2.05) is 20.8 Å². The van der Waals surface area contributed by atoms with E-state index >= 15 is 0 Å². The lowest BCUT2D eigenvalue weighted by Gasteiger charge is -2.21. The van der Waals surface area contributed by atoms with Gasteiger partial charge >= 0.3 is 6.09 Å². The zero-order chi connectivity index (χ0) is 13.2. The smallest absolute Gasteiger partial charge is 0.408 e. The first-order chi connectivity index (χ1) is 7.74. The molecule has 17 heavy (non-hydrogen) atoms. The van der Waals surface area contributed by atoms with Crippen molar-refractivity contribution >= 4 is 6.09 Å². The zero-order valence-electron chi connectivity index (χ0n) is 11.3. The van der Waals surface area contributed by atoms with E-state index in [9.17, 15) is 4.79 Å². The Labute approximate surface area is 103 Å². The molecule has 0 aromatic carbocycles. The van der Waals surface area contributed by atoms with Gasteiger partial charge in [-0.3, -0.25) is 0 Å². The second-order valence-corrected chi connectivity index (χ2v) is 6.06. The average Bonchev–Trinajstić information content (AvgIpc) is 2.90. The number of carbonyl (C=O) groups excluding carboxylic acids is 1. The molecule has 3 atom stereocenters. The van der Waals surface area contributed by atoms with Crippen molar-refractivity contribution in [1.29, 1.82) is 5.26 Å². The van der Waals surface area contributed by atoms with Crippen molar-refractivity contribution in [1.82, 2.24) is 5.32 Å². The van der Waals surface area contributed by atoms with E-state index < -0.39 is 17.7 Å². The van der Waals surface area contributed by atoms with Gasteiger partial charge in [-0.05, 0) is 44.9 Å². The molecule has 0 bridgehead atoms. The Morgan fingerprint density at radius 3 is 2.35 bits per heavy atom. The van der Waals surface area contributed by atoms with Crippen LogP contribution in [0.3, 0.4) is 0 Å². The van der Waals surface area contributed by atoms with E-state index in [0.29, 0.717) is 11.8 Å². The first-order valence-electron chi connectivity index (χ1n) is 6.13. The quantitative estimate of drug-likeness (QED) is 0.822. The van der Waals surface area contributed by atoms with Crippen molar-refractivity contribution in [2.24, 2.45) is 17.8 Å². The van der Waals surface area contributed by atoms with Crippen LogP contribution in [0.15, 0.2) is 0 Å². The molecule has 0 saturated heterocycles. The third kappa shape index (κ3) is 4.26. The summed E-state index contributed by atoms with van der Waals surface area (Å²) in [5.74, 6) is 1.40. The van der Waals surface area contributed by atoms with E-state index in [-0.39, 0.29) is 5.92 Å². The number of nitrogens with one attached hydrogen (secondary N) is 1. The number of rotatable bonds is 3. The highest BCUT2D eigenvalue weighted by Gasteiger charge is 2.45. The number of ether oxygens (including phenoxy) is 1. The number of hydrogen-bond donors (Lipinski definition) is 1. The van der Waals surface area contributed by atoms with Gasteiger partial charge in [0.1, 0.15) is 11.6 Å². The maximum atomic E-state index is 11.6. The summed E-state index contributed by atoms with van der Waals surface area (Å²) in [6, 6.07) is 1.73. The molecule has 4 heteroatoms. The van der Waals surface area contributed by atoms with E-state index in [0.717, 1.165) is 6.42 Å². The molecule has 1 saturated carbocycles. The Bertz CT molecular complexity index is 325. The molecule has 3 unspecified atom stereocenters. The molecule has 0 heterocycles. The molecule has 0 radical (unpaired) electrons. The normalized spacial score (nSPS) is 25.0. The fourth-order valence-corrected chi connectivity index (χ4v) is 2.06. The summed E-state index contributed by atoms with van der Waals surface area (Å²) in [4.78, 5) is 11.6. The van der Waals surface area contributed by atoms with Gasteiger partial charge in [0.15, 0.2) is 0 Å². The molecule has 0 aromatic rings. The molecule has 1 rings (SSSR count). The van der Waals surface area contributed by atoms with Gasteiger partial charge in [0.2, 0.25) is 0 Å². The summed E-state index contributed by atoms with van der Waals surface area (Å²) >= 11 is 0. The maximum Gasteiger partial charge on any atom is 0.408 e. The molecule has 1 N–H and O–H groups in total. The summed E-state index contributed by atoms with van der Waals surface area (Å²) in [5.41, 5.74) is -0.523. The van der Waals surface area contributed by atoms with Gasteiger partial charge in [0, 0.05) is 0 Å². The molecular weight excluding hydrogens is 216 g/mol. The predicted molar refractivity (Wildman–Crippen MR) is 65.2 cm³/mol. The molecule has 1 amide bonds. The maximum absolute atomic E-state index is 11.6. The van der Waals surface area contributed by atoms with Crippen LogP contribution in [0.5, 0.6) is 0 Å². The van der Waals surface area contributed by atoms with Gasteiger partial charge in [-0.15, -0.1) is 0 Å². The van der Waals surface area contributed by atoms with Crippen LogP contribution in [0, 0.1) is 29.1 Å². The molecule has 1 aliphatic carbocycles. The molecule has 96 valence electrons. The van der Waals surface area contributed by atoms with Gasteiger partial charge in [0.05, 0.1) is 6.07 Å². The van der Waals surface area contributed by atoms with Crippen molar-refractivity contribution < 1.29 is 9.53 Å². The Hall–Kier alpha value is -1.24. The summed E-state index contributed by atoms with van der Waals surface area (Å²) in [5, 5.41) is 11.7. The molecular formula is C13H22N2O2. The number of amides is 1. The van der Waals surface area contributed by atoms with Crippen LogP contribution in [-0.4, -0.2) is 17.7 Å². The van der Waals surface area contributed by atoms with E-state index in [1.165, 1.54) is 0 Å². The first-order valence-corrected chi connectivity index (χ1v) is 6.13. The van der Waals surface area contributed by atoms with Crippen LogP contribution in [0.1, 0.15) is 41.0 Å². The zero-order valence-corrected chi connectivity index (χ0v) is 11.3. The highest BCUT2D eigenvalue weighted by molar-refractivity contribution is 5.68. The Balaban J connectivity index is 2.45. The van der Waals surface area contributed by atoms with Crippen LogP contribution >= 0.6 is 0 Å². The largest absolute Gasteiger partial charge is 0.444 e. The van der Waals surface area contributed by atoms with E-state index in [4.69, 9.17) is 10.00 Å². The van der Waals surface area contributed by atoms with Crippen molar-refractivity contribution in [3.8, 4) is 6.07 Å². The summed E-state index contributed by atoms with van der Waals surface area (Å²) < 4.78 is 5.14. The van der Waals surface area contributed by atoms with Gasteiger partial charge in [-0.2, -0.15) is 5.26 Å². The standard InChI is InChI=1S/C13H22N2O2/c1-8(2)9-6-10(9)11(7-14)15-12(16)17-13(3,4)5/h8-11H,6H2,1-5H3,(H,15,16). The van der Waals surface area contributed by atoms with Crippen LogP contribution in [0.2, 0.25) is 0 Å². The summed E-state index contributed by atoms with van der Waals surface area (Å²) in [6.07, 6.45) is 0.518. The topological polar surface area (TPSA) is 62.1 Å². The van der Waals surface area contributed by atoms with Crippen LogP contribution in [0.4, 0.5) is 4.79 Å². The number of hydrogen-bond acceptors (Lipinski definition) is 3. The number of nitriles is 1. The van der Waals surface area contributed by atoms with Crippen molar-refractivity contribution in [3.63, 3.8) is 0 Å². The minimum absolute atomic E-state index is 0.285. The Morgan fingerprint density at radius 2 is 2.00 bits per heavy atom. The van der Waals surface area contributed by atoms with E-state index in [2.05, 4.69) is 25.2 Å². The number of nitrogens with zero attached hydrogens (tertiary/aromatic N) is 1. The highest BCUT2D eigenvalue weighted by Crippen LogP contribution is 2.46. The molecule has 1 fully saturated rings. The molecule has 0 spiro atoms. The summed E-state index contributed by atoms with van der Waals surface area (Å²) in [6.45, 7) is 9.71. The van der Waals surface area contributed by atoms with Crippen molar-refractivity contribution in [2.75, 3.05) is 0 Å². The lowest BCUT2D eigenvalue weighted by molar-refractivity contribution is 0.0509. The Morgan fingerprint density at radius 1 is 1.41 bits per heavy atom. The minimum atomic E-state index is -0.523. The average molecular weight is 238 g/mol. The van der Waals surface area contributed by atoms with Gasteiger partial charge in [0.25, 0.3) is 0 Å². The van der Waals surface area contributed by atoms with Gasteiger partial charge < -0.3 is 10.1 Å². The third-order valence-corrected chi connectivity index (χ3v) is 2.99. The molecule has 0 aliphatic heterocycles. The number of alkyl carbamates (subject to hydrolysis) is 1. The number of carbonyl (C=O) groups is 1. The highest BCUT2D eigenvalue weighted by atomic mass is 16.6. The van der Waals surface area contributed by atoms with Crippen LogP contribution in [0.25, 0.3) is 0 Å². The van der Waals surface area contributed by atoms with Gasteiger partial charge in [-0.1, -0.05) is 13.8 Å². The first kappa shape index (κ1) is 13.8. The van der Waals surface area contributed by atoms with Crippen LogP contribution in [-0.2, 0) is 4.74 Å².